The largest absolute Gasteiger partial charge is 0.379 e. The lowest BCUT2D eigenvalue weighted by molar-refractivity contribution is 0.0730. The normalized spacial score (nSPS) is 16.3. The minimum atomic E-state index is -3.97. The summed E-state index contributed by atoms with van der Waals surface area (Å²) in [6.45, 7) is 1.11. The number of ether oxygens (including phenoxy) is 1. The van der Waals surface area contributed by atoms with Crippen LogP contribution in [0.1, 0.15) is 5.56 Å². The average Bonchev–Trinajstić information content (AvgIpc) is 2.69. The van der Waals surface area contributed by atoms with Gasteiger partial charge < -0.3 is 4.74 Å². The Morgan fingerprint density at radius 2 is 1.37 bits per heavy atom. The predicted molar refractivity (Wildman–Crippen MR) is 110 cm³/mol. The highest BCUT2D eigenvalue weighted by atomic mass is 32.2. The lowest BCUT2D eigenvalue weighted by Crippen LogP contribution is -2.40. The van der Waals surface area contributed by atoms with Crippen molar-refractivity contribution < 1.29 is 30.0 Å². The second-order valence-electron chi connectivity index (χ2n) is 6.60. The van der Waals surface area contributed by atoms with Crippen molar-refractivity contribution in [2.24, 2.45) is 5.14 Å². The van der Waals surface area contributed by atoms with Crippen molar-refractivity contribution in [3.8, 4) is 0 Å². The van der Waals surface area contributed by atoms with Gasteiger partial charge in [-0.25, -0.2) is 30.4 Å². The van der Waals surface area contributed by atoms with Crippen molar-refractivity contribution in [2.45, 2.75) is 15.5 Å². The van der Waals surface area contributed by atoms with Crippen LogP contribution in [0.4, 0.5) is 5.69 Å². The maximum atomic E-state index is 12.6. The summed E-state index contributed by atoms with van der Waals surface area (Å²) in [5.41, 5.74) is 0.635. The molecule has 3 N–H and O–H groups in total. The number of hydrogen-bond donors (Lipinski definition) is 2. The molecule has 2 aromatic carbocycles. The van der Waals surface area contributed by atoms with Crippen LogP contribution in [0.5, 0.6) is 0 Å². The second kappa shape index (κ2) is 8.61. The molecule has 1 aliphatic rings. The van der Waals surface area contributed by atoms with Crippen LogP contribution in [-0.2, 0) is 40.6 Å². The van der Waals surface area contributed by atoms with Gasteiger partial charge >= 0.3 is 0 Å². The number of nitrogens with two attached hydrogens (primary N) is 1. The molecule has 164 valence electrons. The Balaban J connectivity index is 1.75. The van der Waals surface area contributed by atoms with Gasteiger partial charge in [0, 0.05) is 18.8 Å². The Kier molecular flexibility index (Phi) is 6.50. The monoisotopic (exact) mass is 475 g/mol. The molecule has 30 heavy (non-hydrogen) atoms. The molecule has 2 aromatic rings. The van der Waals surface area contributed by atoms with Gasteiger partial charge in [0.15, 0.2) is 0 Å². The van der Waals surface area contributed by atoms with Gasteiger partial charge in [-0.15, -0.1) is 0 Å². The molecular formula is C17H21N3O7S3. The molecule has 0 saturated carbocycles. The molecule has 0 bridgehead atoms. The molecule has 0 aliphatic carbocycles. The summed E-state index contributed by atoms with van der Waals surface area (Å²) in [7, 11) is -11.4. The number of benzene rings is 2. The van der Waals surface area contributed by atoms with E-state index in [4.69, 9.17) is 9.88 Å². The molecule has 10 nitrogen and oxygen atoms in total. The number of morpholine rings is 1. The first kappa shape index (κ1) is 22.7. The van der Waals surface area contributed by atoms with E-state index in [0.29, 0.717) is 18.8 Å². The van der Waals surface area contributed by atoms with E-state index in [1.165, 1.54) is 52.8 Å². The van der Waals surface area contributed by atoms with E-state index in [2.05, 4.69) is 4.72 Å². The maximum Gasteiger partial charge on any atom is 0.261 e. The van der Waals surface area contributed by atoms with Crippen molar-refractivity contribution >= 4 is 35.8 Å². The van der Waals surface area contributed by atoms with Gasteiger partial charge in [-0.05, 0) is 42.0 Å². The first-order valence-corrected chi connectivity index (χ1v) is 13.4. The van der Waals surface area contributed by atoms with Gasteiger partial charge in [0.2, 0.25) is 20.0 Å². The zero-order valence-electron chi connectivity index (χ0n) is 15.8. The zero-order chi connectivity index (χ0) is 22.0. The highest BCUT2D eigenvalue weighted by Crippen LogP contribution is 2.21. The maximum absolute atomic E-state index is 12.6. The van der Waals surface area contributed by atoms with Gasteiger partial charge in [0.1, 0.15) is 0 Å². The van der Waals surface area contributed by atoms with Crippen LogP contribution in [0, 0.1) is 0 Å². The summed E-state index contributed by atoms with van der Waals surface area (Å²) in [5.74, 6) is -0.362. The van der Waals surface area contributed by atoms with Gasteiger partial charge in [-0.1, -0.05) is 12.1 Å². The third-order valence-corrected chi connectivity index (χ3v) is 8.36. The van der Waals surface area contributed by atoms with Crippen molar-refractivity contribution in [1.29, 1.82) is 0 Å². The molecular weight excluding hydrogens is 454 g/mol. The van der Waals surface area contributed by atoms with Gasteiger partial charge in [0.05, 0.1) is 28.8 Å². The summed E-state index contributed by atoms with van der Waals surface area (Å²) in [5, 5.41) is 4.98. The minimum Gasteiger partial charge on any atom is -0.379 e. The summed E-state index contributed by atoms with van der Waals surface area (Å²) in [4.78, 5) is -0.118. The number of primary sulfonamides is 1. The molecule has 1 fully saturated rings. The molecule has 1 saturated heterocycles. The lowest BCUT2D eigenvalue weighted by Gasteiger charge is -2.26. The van der Waals surface area contributed by atoms with Crippen LogP contribution in [0.3, 0.4) is 0 Å². The fourth-order valence-electron chi connectivity index (χ4n) is 2.84. The quantitative estimate of drug-likeness (QED) is 0.584. The Morgan fingerprint density at radius 3 is 1.90 bits per heavy atom. The number of anilines is 1. The molecule has 13 heteroatoms. The summed E-state index contributed by atoms with van der Waals surface area (Å²) >= 11 is 0. The number of rotatable bonds is 7. The smallest absolute Gasteiger partial charge is 0.261 e. The molecule has 0 atom stereocenters. The standard InChI is InChI=1S/C17H21N3O7S3/c18-28(21,22)13-14-1-3-15(4-2-14)19-29(23,24)16-5-7-17(8-6-16)30(25,26)20-9-11-27-12-10-20/h1-8,19H,9-13H2,(H2,18,21,22). The first-order valence-electron chi connectivity index (χ1n) is 8.78. The fourth-order valence-corrected chi connectivity index (χ4v) is 5.97. The zero-order valence-corrected chi connectivity index (χ0v) is 18.2. The van der Waals surface area contributed by atoms with Crippen molar-refractivity contribution in [2.75, 3.05) is 31.0 Å². The number of nitrogens with one attached hydrogen (secondary N) is 1. The number of hydrogen-bond acceptors (Lipinski definition) is 7. The SMILES string of the molecule is NS(=O)(=O)Cc1ccc(NS(=O)(=O)c2ccc(S(=O)(=O)N3CCOCC3)cc2)cc1. The van der Waals surface area contributed by atoms with Crippen molar-refractivity contribution in [3.05, 3.63) is 54.1 Å². The second-order valence-corrected chi connectivity index (χ2v) is 11.8. The lowest BCUT2D eigenvalue weighted by atomic mass is 10.2. The van der Waals surface area contributed by atoms with Crippen LogP contribution in [0.15, 0.2) is 58.3 Å². The van der Waals surface area contributed by atoms with Crippen molar-refractivity contribution in [1.82, 2.24) is 4.31 Å². The topological polar surface area (TPSA) is 153 Å². The predicted octanol–water partition coefficient (Wildman–Crippen LogP) is 0.297. The third kappa shape index (κ3) is 5.56. The van der Waals surface area contributed by atoms with E-state index in [9.17, 15) is 25.3 Å². The molecule has 0 aromatic heterocycles. The van der Waals surface area contributed by atoms with E-state index in [-0.39, 0.29) is 34.3 Å². The molecule has 3 rings (SSSR count). The number of nitrogens with zero attached hydrogens (tertiary/aromatic N) is 1. The van der Waals surface area contributed by atoms with E-state index in [1.807, 2.05) is 0 Å². The summed E-state index contributed by atoms with van der Waals surface area (Å²) in [6.07, 6.45) is 0. The Labute approximate surface area is 175 Å². The van der Waals surface area contributed by atoms with Crippen LogP contribution in [-0.4, -0.2) is 55.9 Å². The highest BCUT2D eigenvalue weighted by molar-refractivity contribution is 7.92. The highest BCUT2D eigenvalue weighted by Gasteiger charge is 2.26. The van der Waals surface area contributed by atoms with Gasteiger partial charge in [0.25, 0.3) is 10.0 Å². The van der Waals surface area contributed by atoms with Crippen molar-refractivity contribution in [3.63, 3.8) is 0 Å². The van der Waals surface area contributed by atoms with Crippen LogP contribution >= 0.6 is 0 Å². The van der Waals surface area contributed by atoms with E-state index in [1.54, 1.807) is 0 Å². The molecule has 0 radical (unpaired) electrons. The van der Waals surface area contributed by atoms with Crippen LogP contribution < -0.4 is 9.86 Å². The first-order chi connectivity index (χ1) is 14.0. The Morgan fingerprint density at radius 1 is 0.833 bits per heavy atom. The molecule has 1 aliphatic heterocycles. The molecule has 1 heterocycles. The average molecular weight is 476 g/mol. The van der Waals surface area contributed by atoms with Crippen LogP contribution in [0.2, 0.25) is 0 Å². The Hall–Kier alpha value is -2.03. The van der Waals surface area contributed by atoms with E-state index >= 15 is 0 Å². The minimum absolute atomic E-state index is 0.00398. The fraction of sp³-hybridized carbons (Fsp3) is 0.294. The Bertz CT molecular complexity index is 1200. The third-order valence-electron chi connectivity index (χ3n) is 4.32. The molecule has 0 spiro atoms. The summed E-state index contributed by atoms with van der Waals surface area (Å²) < 4.78 is 81.4. The van der Waals surface area contributed by atoms with E-state index in [0.717, 1.165) is 0 Å². The van der Waals surface area contributed by atoms with Gasteiger partial charge in [-0.2, -0.15) is 4.31 Å². The van der Waals surface area contributed by atoms with Gasteiger partial charge in [-0.3, -0.25) is 4.72 Å². The molecule has 0 amide bonds. The van der Waals surface area contributed by atoms with Crippen LogP contribution in [0.25, 0.3) is 0 Å². The molecule has 0 unspecified atom stereocenters. The summed E-state index contributed by atoms with van der Waals surface area (Å²) in [6, 6.07) is 10.6. The van der Waals surface area contributed by atoms with E-state index < -0.39 is 30.1 Å². The number of sulfonamides is 3.